The monoisotopic (exact) mass is 619 g/mol. The summed E-state index contributed by atoms with van der Waals surface area (Å²) in [6, 6.07) is 11.7. The molecule has 3 heterocycles. The van der Waals surface area contributed by atoms with E-state index in [4.69, 9.17) is 9.47 Å². The SMILES string of the molecule is CC(C)[C@@H]1NC(=O)[C@H]2CCCN2C(=O)[C@H](C)NC(=O)CN(C(=O)Cc2ccc3c(c2)OCO3)C[C@H](Cc2ccccc2)NC1=O. The van der Waals surface area contributed by atoms with E-state index in [1.807, 2.05) is 44.2 Å². The largest absolute Gasteiger partial charge is 0.454 e. The van der Waals surface area contributed by atoms with E-state index in [1.165, 1.54) is 9.80 Å². The Kier molecular flexibility index (Phi) is 9.90. The van der Waals surface area contributed by atoms with Gasteiger partial charge in [-0.1, -0.05) is 50.2 Å². The standard InChI is InChI=1S/C33H41N5O7/c1-20(2)30-32(42)35-24(14-22-8-5-4-6-9-22)17-37(29(40)16-23-11-12-26-27(15-23)45-19-44-26)18-28(39)34-21(3)33(43)38-13-7-10-25(38)31(41)36-30/h4-6,8-9,11-12,15,20-21,24-25,30H,7,10,13-14,16-19H2,1-3H3,(H,34,39)(H,35,42)(H,36,41)/t21-,24-,25+,30-/m0/s1. The van der Waals surface area contributed by atoms with E-state index >= 15 is 0 Å². The molecule has 45 heavy (non-hydrogen) atoms. The topological polar surface area (TPSA) is 146 Å². The summed E-state index contributed by atoms with van der Waals surface area (Å²) < 4.78 is 10.9. The van der Waals surface area contributed by atoms with Crippen LogP contribution >= 0.6 is 0 Å². The van der Waals surface area contributed by atoms with E-state index in [9.17, 15) is 24.0 Å². The Morgan fingerprint density at radius 3 is 2.44 bits per heavy atom. The average molecular weight is 620 g/mol. The number of nitrogens with zero attached hydrogens (tertiary/aromatic N) is 2. The van der Waals surface area contributed by atoms with Crippen molar-refractivity contribution in [1.29, 1.82) is 0 Å². The lowest BCUT2D eigenvalue weighted by Crippen LogP contribution is -2.58. The number of carbonyl (C=O) groups excluding carboxylic acids is 5. The van der Waals surface area contributed by atoms with Crippen LogP contribution in [-0.4, -0.2) is 89.9 Å². The number of nitrogens with one attached hydrogen (secondary N) is 3. The maximum Gasteiger partial charge on any atom is 0.245 e. The van der Waals surface area contributed by atoms with Crippen molar-refractivity contribution >= 4 is 29.5 Å². The smallest absolute Gasteiger partial charge is 0.245 e. The molecule has 3 aliphatic heterocycles. The van der Waals surface area contributed by atoms with Gasteiger partial charge in [0.05, 0.1) is 19.0 Å². The molecule has 4 atom stereocenters. The number of carbonyl (C=O) groups is 5. The molecule has 3 N–H and O–H groups in total. The van der Waals surface area contributed by atoms with E-state index < -0.39 is 41.9 Å². The Labute approximate surface area is 262 Å². The molecule has 0 spiro atoms. The second kappa shape index (κ2) is 14.0. The van der Waals surface area contributed by atoms with Crippen molar-refractivity contribution in [2.24, 2.45) is 5.92 Å². The summed E-state index contributed by atoms with van der Waals surface area (Å²) in [4.78, 5) is 70.6. The number of fused-ring (bicyclic) bond motifs is 2. The van der Waals surface area contributed by atoms with E-state index in [0.29, 0.717) is 42.9 Å². The summed E-state index contributed by atoms with van der Waals surface area (Å²) in [5.74, 6) is -1.16. The van der Waals surface area contributed by atoms with Crippen molar-refractivity contribution < 1.29 is 33.4 Å². The Morgan fingerprint density at radius 1 is 0.933 bits per heavy atom. The van der Waals surface area contributed by atoms with Crippen molar-refractivity contribution in [1.82, 2.24) is 25.8 Å². The van der Waals surface area contributed by atoms with Crippen LogP contribution in [-0.2, 0) is 36.8 Å². The van der Waals surface area contributed by atoms with Gasteiger partial charge >= 0.3 is 0 Å². The third-order valence-corrected chi connectivity index (χ3v) is 8.42. The van der Waals surface area contributed by atoms with E-state index in [0.717, 1.165) is 5.56 Å². The van der Waals surface area contributed by atoms with Crippen molar-refractivity contribution in [2.45, 2.75) is 70.6 Å². The summed E-state index contributed by atoms with van der Waals surface area (Å²) in [5, 5.41) is 8.68. The van der Waals surface area contributed by atoms with Gasteiger partial charge < -0.3 is 35.2 Å². The van der Waals surface area contributed by atoms with Gasteiger partial charge in [0, 0.05) is 13.1 Å². The molecular weight excluding hydrogens is 578 g/mol. The van der Waals surface area contributed by atoms with Gasteiger partial charge in [-0.3, -0.25) is 24.0 Å². The van der Waals surface area contributed by atoms with Gasteiger partial charge in [-0.25, -0.2) is 0 Å². The van der Waals surface area contributed by atoms with E-state index in [2.05, 4.69) is 16.0 Å². The molecule has 5 amide bonds. The fourth-order valence-electron chi connectivity index (χ4n) is 6.07. The predicted molar refractivity (Wildman–Crippen MR) is 164 cm³/mol. The molecule has 0 saturated carbocycles. The number of benzene rings is 2. The summed E-state index contributed by atoms with van der Waals surface area (Å²) >= 11 is 0. The Hall–Kier alpha value is -4.61. The average Bonchev–Trinajstić information content (AvgIpc) is 3.68. The van der Waals surface area contributed by atoms with Gasteiger partial charge in [0.1, 0.15) is 18.1 Å². The van der Waals surface area contributed by atoms with E-state index in [1.54, 1.807) is 25.1 Å². The molecule has 240 valence electrons. The normalized spacial score (nSPS) is 24.4. The molecule has 12 heteroatoms. The molecule has 5 rings (SSSR count). The highest BCUT2D eigenvalue weighted by Gasteiger charge is 2.39. The van der Waals surface area contributed by atoms with Gasteiger partial charge in [0.2, 0.25) is 36.3 Å². The van der Waals surface area contributed by atoms with Crippen molar-refractivity contribution in [3.63, 3.8) is 0 Å². The van der Waals surface area contributed by atoms with Crippen molar-refractivity contribution in [2.75, 3.05) is 26.4 Å². The molecule has 0 aliphatic carbocycles. The van der Waals surface area contributed by atoms with Crippen LogP contribution in [0.3, 0.4) is 0 Å². The first-order valence-corrected chi connectivity index (χ1v) is 15.5. The van der Waals surface area contributed by atoms with Crippen LogP contribution in [0.15, 0.2) is 48.5 Å². The minimum atomic E-state index is -0.914. The first-order chi connectivity index (χ1) is 21.6. The third kappa shape index (κ3) is 7.73. The van der Waals surface area contributed by atoms with Crippen molar-refractivity contribution in [3.05, 3.63) is 59.7 Å². The maximum absolute atomic E-state index is 13.8. The summed E-state index contributed by atoms with van der Waals surface area (Å²) in [5.41, 5.74) is 1.61. The first kappa shape index (κ1) is 31.8. The van der Waals surface area contributed by atoms with Crippen LogP contribution in [0.5, 0.6) is 11.5 Å². The van der Waals surface area contributed by atoms with Crippen LogP contribution in [0, 0.1) is 5.92 Å². The maximum atomic E-state index is 13.8. The fraction of sp³-hybridized carbons (Fsp3) is 0.485. The Bertz CT molecular complexity index is 1430. The molecular formula is C33H41N5O7. The third-order valence-electron chi connectivity index (χ3n) is 8.42. The van der Waals surface area contributed by atoms with Gasteiger partial charge in [-0.15, -0.1) is 0 Å². The van der Waals surface area contributed by atoms with Gasteiger partial charge in [-0.2, -0.15) is 0 Å². The predicted octanol–water partition coefficient (Wildman–Crippen LogP) is 1.16. The summed E-state index contributed by atoms with van der Waals surface area (Å²) in [6.45, 7) is 5.43. The zero-order valence-corrected chi connectivity index (χ0v) is 25.9. The van der Waals surface area contributed by atoms with Crippen LogP contribution in [0.4, 0.5) is 0 Å². The molecule has 0 radical (unpaired) electrons. The molecule has 0 unspecified atom stereocenters. The zero-order chi connectivity index (χ0) is 32.1. The number of amides is 5. The minimum absolute atomic E-state index is 0.0211. The van der Waals surface area contributed by atoms with Gasteiger partial charge in [0.15, 0.2) is 11.5 Å². The second-order valence-corrected chi connectivity index (χ2v) is 12.2. The zero-order valence-electron chi connectivity index (χ0n) is 25.9. The minimum Gasteiger partial charge on any atom is -0.454 e. The van der Waals surface area contributed by atoms with Gasteiger partial charge in [0.25, 0.3) is 0 Å². The molecule has 2 aromatic rings. The molecule has 0 bridgehead atoms. The lowest BCUT2D eigenvalue weighted by molar-refractivity contribution is -0.142. The molecule has 2 aromatic carbocycles. The Morgan fingerprint density at radius 2 is 1.69 bits per heavy atom. The highest BCUT2D eigenvalue weighted by atomic mass is 16.7. The van der Waals surface area contributed by atoms with Crippen molar-refractivity contribution in [3.8, 4) is 11.5 Å². The number of hydrogen-bond donors (Lipinski definition) is 3. The number of ether oxygens (including phenoxy) is 2. The highest BCUT2D eigenvalue weighted by molar-refractivity contribution is 5.95. The lowest BCUT2D eigenvalue weighted by Gasteiger charge is -2.31. The molecule has 2 saturated heterocycles. The molecule has 0 aromatic heterocycles. The summed E-state index contributed by atoms with van der Waals surface area (Å²) in [6.07, 6.45) is 1.45. The number of hydrogen-bond acceptors (Lipinski definition) is 7. The molecule has 12 nitrogen and oxygen atoms in total. The van der Waals surface area contributed by atoms with Crippen LogP contribution in [0.1, 0.15) is 44.7 Å². The van der Waals surface area contributed by atoms with Crippen LogP contribution < -0.4 is 25.4 Å². The molecule has 3 aliphatic rings. The van der Waals surface area contributed by atoms with E-state index in [-0.39, 0.29) is 44.0 Å². The Balaban J connectivity index is 1.46. The van der Waals surface area contributed by atoms with Gasteiger partial charge in [-0.05, 0) is 55.4 Å². The summed E-state index contributed by atoms with van der Waals surface area (Å²) in [7, 11) is 0. The lowest BCUT2D eigenvalue weighted by atomic mass is 10.00. The second-order valence-electron chi connectivity index (χ2n) is 12.2. The highest BCUT2D eigenvalue weighted by Crippen LogP contribution is 2.32. The van der Waals surface area contributed by atoms with Crippen LogP contribution in [0.2, 0.25) is 0 Å². The number of rotatable bonds is 5. The fourth-order valence-corrected chi connectivity index (χ4v) is 6.07. The first-order valence-electron chi connectivity index (χ1n) is 15.5. The van der Waals surface area contributed by atoms with Crippen LogP contribution in [0.25, 0.3) is 0 Å². The quantitative estimate of drug-likeness (QED) is 0.455. The molecule has 2 fully saturated rings.